The van der Waals surface area contributed by atoms with Crippen molar-refractivity contribution in [2.45, 2.75) is 13.1 Å². The largest absolute Gasteiger partial charge is 0.496 e. The third kappa shape index (κ3) is 4.13. The first kappa shape index (κ1) is 17.3. The van der Waals surface area contributed by atoms with Crippen LogP contribution in [-0.2, 0) is 13.1 Å². The van der Waals surface area contributed by atoms with Crippen LogP contribution in [0.1, 0.15) is 21.6 Å². The predicted octanol–water partition coefficient (Wildman–Crippen LogP) is 2.02. The topological polar surface area (TPSA) is 88.2 Å². The summed E-state index contributed by atoms with van der Waals surface area (Å²) in [5.41, 5.74) is 1.57. The van der Waals surface area contributed by atoms with Crippen molar-refractivity contribution in [2.75, 3.05) is 7.11 Å². The summed E-state index contributed by atoms with van der Waals surface area (Å²) in [6.07, 6.45) is 3.39. The number of nitrogens with one attached hydrogen (secondary N) is 1. The van der Waals surface area contributed by atoms with Gasteiger partial charge in [-0.1, -0.05) is 24.3 Å². The standard InChI is InChI=1S/C19H18N4O3/c1-26-17-7-3-2-6-15(17)13-23(12-14-5-4-10-20-11-14)19(25)16-8-9-18(24)22-21-16/h2-11H,12-13H2,1H3,(H,22,24). The Morgan fingerprint density at radius 1 is 1.12 bits per heavy atom. The maximum absolute atomic E-state index is 12.9. The molecule has 0 atom stereocenters. The minimum atomic E-state index is -0.356. The fraction of sp³-hybridized carbons (Fsp3) is 0.158. The molecule has 7 heteroatoms. The number of amides is 1. The molecular formula is C19H18N4O3. The van der Waals surface area contributed by atoms with Gasteiger partial charge in [-0.15, -0.1) is 0 Å². The molecule has 1 aromatic carbocycles. The molecule has 2 aromatic heterocycles. The van der Waals surface area contributed by atoms with E-state index in [9.17, 15) is 9.59 Å². The number of hydrogen-bond donors (Lipinski definition) is 1. The highest BCUT2D eigenvalue weighted by Gasteiger charge is 2.19. The van der Waals surface area contributed by atoms with Gasteiger partial charge in [-0.25, -0.2) is 5.10 Å². The van der Waals surface area contributed by atoms with Crippen LogP contribution in [0.2, 0.25) is 0 Å². The number of carbonyl (C=O) groups is 1. The SMILES string of the molecule is COc1ccccc1CN(Cc1cccnc1)C(=O)c1ccc(=O)[nH]n1. The number of ether oxygens (including phenoxy) is 1. The van der Waals surface area contributed by atoms with Gasteiger partial charge in [0.1, 0.15) is 11.4 Å². The number of H-pyrrole nitrogens is 1. The first-order valence-corrected chi connectivity index (χ1v) is 8.03. The van der Waals surface area contributed by atoms with Crippen LogP contribution in [0.3, 0.4) is 0 Å². The Balaban J connectivity index is 1.91. The van der Waals surface area contributed by atoms with Crippen molar-refractivity contribution >= 4 is 5.91 Å². The van der Waals surface area contributed by atoms with E-state index in [1.807, 2.05) is 36.4 Å². The number of hydrogen-bond acceptors (Lipinski definition) is 5. The van der Waals surface area contributed by atoms with Gasteiger partial charge in [0, 0.05) is 30.6 Å². The summed E-state index contributed by atoms with van der Waals surface area (Å²) in [7, 11) is 1.59. The Morgan fingerprint density at radius 2 is 1.96 bits per heavy atom. The summed E-state index contributed by atoms with van der Waals surface area (Å²) >= 11 is 0. The monoisotopic (exact) mass is 350 g/mol. The maximum Gasteiger partial charge on any atom is 0.274 e. The first-order chi connectivity index (χ1) is 12.7. The maximum atomic E-state index is 12.9. The summed E-state index contributed by atoms with van der Waals surface area (Å²) in [4.78, 5) is 29.9. The fourth-order valence-corrected chi connectivity index (χ4v) is 2.58. The smallest absolute Gasteiger partial charge is 0.274 e. The van der Waals surface area contributed by atoms with Crippen molar-refractivity contribution in [3.8, 4) is 5.75 Å². The Labute approximate surface area is 150 Å². The van der Waals surface area contributed by atoms with Gasteiger partial charge in [0.25, 0.3) is 11.5 Å². The highest BCUT2D eigenvalue weighted by atomic mass is 16.5. The van der Waals surface area contributed by atoms with Gasteiger partial charge in [-0.05, 0) is 23.8 Å². The number of rotatable bonds is 6. The van der Waals surface area contributed by atoms with E-state index >= 15 is 0 Å². The minimum Gasteiger partial charge on any atom is -0.496 e. The summed E-state index contributed by atoms with van der Waals surface area (Å²) in [6, 6.07) is 13.9. The van der Waals surface area contributed by atoms with E-state index in [0.29, 0.717) is 18.8 Å². The van der Waals surface area contributed by atoms with Gasteiger partial charge in [-0.3, -0.25) is 14.6 Å². The molecule has 1 N–H and O–H groups in total. The Bertz CT molecular complexity index is 920. The van der Waals surface area contributed by atoms with Crippen LogP contribution in [-0.4, -0.2) is 33.1 Å². The van der Waals surface area contributed by atoms with Gasteiger partial charge in [0.05, 0.1) is 13.7 Å². The van der Waals surface area contributed by atoms with E-state index in [1.165, 1.54) is 12.1 Å². The number of aromatic nitrogens is 3. The molecule has 132 valence electrons. The third-order valence-corrected chi connectivity index (χ3v) is 3.84. The molecule has 0 aliphatic heterocycles. The quantitative estimate of drug-likeness (QED) is 0.735. The number of methoxy groups -OCH3 is 1. The van der Waals surface area contributed by atoms with Crippen LogP contribution in [0.5, 0.6) is 5.75 Å². The summed E-state index contributed by atoms with van der Waals surface area (Å²) in [6.45, 7) is 0.685. The number of carbonyl (C=O) groups excluding carboxylic acids is 1. The Kier molecular flexibility index (Phi) is 5.38. The van der Waals surface area contributed by atoms with Crippen molar-refractivity contribution in [3.05, 3.63) is 88.1 Å². The first-order valence-electron chi connectivity index (χ1n) is 8.03. The summed E-state index contributed by atoms with van der Waals surface area (Å²) in [5.74, 6) is 0.405. The van der Waals surface area contributed by atoms with Gasteiger partial charge < -0.3 is 9.64 Å². The number of benzene rings is 1. The molecule has 0 fully saturated rings. The van der Waals surface area contributed by atoms with Gasteiger partial charge >= 0.3 is 0 Å². The van der Waals surface area contributed by atoms with Crippen molar-refractivity contribution < 1.29 is 9.53 Å². The molecule has 0 aliphatic rings. The van der Waals surface area contributed by atoms with Crippen LogP contribution in [0.15, 0.2) is 65.7 Å². The Hall–Kier alpha value is -3.48. The van der Waals surface area contributed by atoms with Gasteiger partial charge in [-0.2, -0.15) is 5.10 Å². The molecule has 0 saturated carbocycles. The van der Waals surface area contributed by atoms with E-state index in [-0.39, 0.29) is 17.2 Å². The zero-order valence-corrected chi connectivity index (χ0v) is 14.3. The lowest BCUT2D eigenvalue weighted by molar-refractivity contribution is 0.0721. The third-order valence-electron chi connectivity index (χ3n) is 3.84. The highest BCUT2D eigenvalue weighted by Crippen LogP contribution is 2.21. The Morgan fingerprint density at radius 3 is 2.65 bits per heavy atom. The summed E-state index contributed by atoms with van der Waals surface area (Å²) < 4.78 is 5.38. The molecule has 3 rings (SSSR count). The molecule has 7 nitrogen and oxygen atoms in total. The molecule has 0 spiro atoms. The number of aromatic amines is 1. The van der Waals surface area contributed by atoms with E-state index in [2.05, 4.69) is 15.2 Å². The minimum absolute atomic E-state index is 0.170. The molecular weight excluding hydrogens is 332 g/mol. The molecule has 1 amide bonds. The molecule has 0 radical (unpaired) electrons. The zero-order chi connectivity index (χ0) is 18.4. The lowest BCUT2D eigenvalue weighted by atomic mass is 10.1. The van der Waals surface area contributed by atoms with Gasteiger partial charge in [0.2, 0.25) is 0 Å². The van der Waals surface area contributed by atoms with Crippen LogP contribution in [0.4, 0.5) is 0 Å². The molecule has 2 heterocycles. The second kappa shape index (κ2) is 8.06. The van der Waals surface area contributed by atoms with Gasteiger partial charge in [0.15, 0.2) is 0 Å². The summed E-state index contributed by atoms with van der Waals surface area (Å²) in [5, 5.41) is 6.15. The number of pyridine rings is 1. The van der Waals surface area contributed by atoms with Crippen LogP contribution >= 0.6 is 0 Å². The van der Waals surface area contributed by atoms with Crippen molar-refractivity contribution in [2.24, 2.45) is 0 Å². The molecule has 0 bridgehead atoms. The van der Waals surface area contributed by atoms with Crippen LogP contribution in [0, 0.1) is 0 Å². The predicted molar refractivity (Wildman–Crippen MR) is 95.7 cm³/mol. The molecule has 0 aliphatic carbocycles. The lowest BCUT2D eigenvalue weighted by Crippen LogP contribution is -2.31. The highest BCUT2D eigenvalue weighted by molar-refractivity contribution is 5.92. The molecule has 0 unspecified atom stereocenters. The molecule has 3 aromatic rings. The van der Waals surface area contributed by atoms with Crippen molar-refractivity contribution in [3.63, 3.8) is 0 Å². The number of nitrogens with zero attached hydrogens (tertiary/aromatic N) is 3. The van der Waals surface area contributed by atoms with E-state index in [0.717, 1.165) is 11.1 Å². The number of para-hydroxylation sites is 1. The van der Waals surface area contributed by atoms with E-state index in [1.54, 1.807) is 24.4 Å². The fourth-order valence-electron chi connectivity index (χ4n) is 2.58. The second-order valence-electron chi connectivity index (χ2n) is 5.64. The average Bonchev–Trinajstić information content (AvgIpc) is 2.69. The van der Waals surface area contributed by atoms with Crippen molar-refractivity contribution in [1.82, 2.24) is 20.1 Å². The van der Waals surface area contributed by atoms with Crippen LogP contribution < -0.4 is 10.3 Å². The molecule has 26 heavy (non-hydrogen) atoms. The zero-order valence-electron chi connectivity index (χ0n) is 14.3. The van der Waals surface area contributed by atoms with Crippen LogP contribution in [0.25, 0.3) is 0 Å². The lowest BCUT2D eigenvalue weighted by Gasteiger charge is -2.23. The second-order valence-corrected chi connectivity index (χ2v) is 5.64. The van der Waals surface area contributed by atoms with E-state index < -0.39 is 0 Å². The average molecular weight is 350 g/mol. The van der Waals surface area contributed by atoms with E-state index in [4.69, 9.17) is 4.74 Å². The normalized spacial score (nSPS) is 10.3. The van der Waals surface area contributed by atoms with Crippen molar-refractivity contribution in [1.29, 1.82) is 0 Å². The molecule has 0 saturated heterocycles.